The van der Waals surface area contributed by atoms with E-state index >= 15 is 0 Å². The average Bonchev–Trinajstić information content (AvgIpc) is 3.46. The van der Waals surface area contributed by atoms with Crippen LogP contribution in [0.4, 0.5) is 0 Å². The van der Waals surface area contributed by atoms with Crippen molar-refractivity contribution in [2.24, 2.45) is 5.92 Å². The number of piperidine rings is 1. The number of likely N-dealkylation sites (tertiary alicyclic amines) is 1. The fraction of sp³-hybridized carbons (Fsp3) is 0.536. The Bertz CT molecular complexity index is 1170. The van der Waals surface area contributed by atoms with Gasteiger partial charge >= 0.3 is 0 Å². The van der Waals surface area contributed by atoms with Crippen molar-refractivity contribution in [2.45, 2.75) is 68.7 Å². The Morgan fingerprint density at radius 1 is 1.31 bits per heavy atom. The molecule has 35 heavy (non-hydrogen) atoms. The van der Waals surface area contributed by atoms with Crippen LogP contribution >= 0.6 is 0 Å². The Labute approximate surface area is 206 Å². The number of nitrogens with zero attached hydrogens (tertiary/aromatic N) is 2. The second-order valence-electron chi connectivity index (χ2n) is 11.2. The predicted octanol–water partition coefficient (Wildman–Crippen LogP) is 3.34. The van der Waals surface area contributed by atoms with Crippen LogP contribution in [0.2, 0.25) is 0 Å². The smallest absolute Gasteiger partial charge is 0.246 e. The first-order valence-corrected chi connectivity index (χ1v) is 12.7. The first kappa shape index (κ1) is 22.7. The number of rotatable bonds is 5. The topological polar surface area (TPSA) is 86.4 Å². The van der Waals surface area contributed by atoms with E-state index in [0.29, 0.717) is 24.5 Å². The Hall–Kier alpha value is -2.77. The zero-order valence-electron chi connectivity index (χ0n) is 20.6. The van der Waals surface area contributed by atoms with E-state index in [1.807, 2.05) is 13.1 Å². The molecule has 2 unspecified atom stereocenters. The molecule has 1 aromatic carbocycles. The third-order valence-corrected chi connectivity index (χ3v) is 8.95. The number of ether oxygens (including phenoxy) is 1. The maximum atomic E-state index is 13.2. The van der Waals surface area contributed by atoms with Crippen molar-refractivity contribution in [1.82, 2.24) is 9.80 Å². The van der Waals surface area contributed by atoms with Crippen LogP contribution in [0.15, 0.2) is 41.2 Å². The number of carbonyl (C=O) groups is 1. The molecule has 2 fully saturated rings. The first-order valence-electron chi connectivity index (χ1n) is 12.7. The van der Waals surface area contributed by atoms with Crippen molar-refractivity contribution < 1.29 is 24.2 Å². The lowest BCUT2D eigenvalue weighted by Crippen LogP contribution is -2.78. The second-order valence-corrected chi connectivity index (χ2v) is 11.2. The molecule has 2 aromatic rings. The summed E-state index contributed by atoms with van der Waals surface area (Å²) in [5.74, 6) is 1.00. The van der Waals surface area contributed by atoms with Crippen LogP contribution in [0.25, 0.3) is 6.08 Å². The van der Waals surface area contributed by atoms with Crippen LogP contribution in [-0.2, 0) is 16.6 Å². The van der Waals surface area contributed by atoms with Crippen LogP contribution in [0.5, 0.6) is 11.5 Å². The van der Waals surface area contributed by atoms with Gasteiger partial charge in [0.1, 0.15) is 6.10 Å². The van der Waals surface area contributed by atoms with Crippen molar-refractivity contribution >= 4 is 12.0 Å². The third kappa shape index (κ3) is 3.07. The molecule has 7 heteroatoms. The van der Waals surface area contributed by atoms with E-state index < -0.39 is 17.1 Å². The van der Waals surface area contributed by atoms with Gasteiger partial charge in [0.05, 0.1) is 29.6 Å². The molecule has 1 spiro atoms. The zero-order valence-corrected chi connectivity index (χ0v) is 20.6. The predicted molar refractivity (Wildman–Crippen MR) is 131 cm³/mol. The molecule has 1 saturated carbocycles. The number of hydrogen-bond acceptors (Lipinski definition) is 6. The van der Waals surface area contributed by atoms with Gasteiger partial charge in [-0.2, -0.15) is 0 Å². The molecular formula is C28H34N2O5. The molecule has 1 aromatic heterocycles. The molecule has 4 aliphatic rings. The van der Waals surface area contributed by atoms with Crippen LogP contribution < -0.4 is 4.74 Å². The molecule has 2 aliphatic heterocycles. The summed E-state index contributed by atoms with van der Waals surface area (Å²) in [6.07, 6.45) is 8.78. The molecule has 1 amide bonds. The summed E-state index contributed by atoms with van der Waals surface area (Å²) in [5.41, 5.74) is 1.35. The Morgan fingerprint density at radius 2 is 2.14 bits per heavy atom. The number of phenolic OH excluding ortho intramolecular Hbond substituents is 1. The number of aromatic hydroxyl groups is 1. The van der Waals surface area contributed by atoms with Gasteiger partial charge in [0.25, 0.3) is 0 Å². The van der Waals surface area contributed by atoms with Gasteiger partial charge < -0.3 is 24.3 Å². The van der Waals surface area contributed by atoms with E-state index in [9.17, 15) is 15.0 Å². The van der Waals surface area contributed by atoms with Gasteiger partial charge in [0, 0.05) is 36.8 Å². The fourth-order valence-corrected chi connectivity index (χ4v) is 7.51. The lowest BCUT2D eigenvalue weighted by atomic mass is 9.48. The molecule has 2 bridgehead atoms. The van der Waals surface area contributed by atoms with Crippen molar-refractivity contribution in [1.29, 1.82) is 0 Å². The summed E-state index contributed by atoms with van der Waals surface area (Å²) in [4.78, 5) is 17.4. The number of phenols is 1. The minimum absolute atomic E-state index is 0.00399. The average molecular weight is 479 g/mol. The molecule has 2 N–H and O–H groups in total. The molecule has 1 saturated heterocycles. The van der Waals surface area contributed by atoms with Gasteiger partial charge in [-0.15, -0.1) is 0 Å². The third-order valence-electron chi connectivity index (χ3n) is 8.95. The highest BCUT2D eigenvalue weighted by atomic mass is 16.5. The summed E-state index contributed by atoms with van der Waals surface area (Å²) in [6, 6.07) is 5.30. The number of benzene rings is 1. The molecule has 6 rings (SSSR count). The number of likely N-dealkylation sites (N-methyl/N-ethyl adjacent to an activating group) is 1. The summed E-state index contributed by atoms with van der Waals surface area (Å²) >= 11 is 0. The van der Waals surface area contributed by atoms with E-state index in [-0.39, 0.29) is 23.7 Å². The number of hydrogen-bond donors (Lipinski definition) is 2. The number of aliphatic hydroxyl groups is 1. The van der Waals surface area contributed by atoms with Gasteiger partial charge in [-0.3, -0.25) is 9.69 Å². The van der Waals surface area contributed by atoms with Gasteiger partial charge in [-0.05, 0) is 61.9 Å². The lowest BCUT2D eigenvalue weighted by Gasteiger charge is -2.64. The molecule has 186 valence electrons. The number of carbonyl (C=O) groups excluding carboxylic acids is 1. The van der Waals surface area contributed by atoms with Crippen molar-refractivity contribution in [3.63, 3.8) is 0 Å². The van der Waals surface area contributed by atoms with E-state index in [2.05, 4.69) is 18.7 Å². The molecule has 0 radical (unpaired) electrons. The lowest BCUT2D eigenvalue weighted by molar-refractivity contribution is -0.200. The van der Waals surface area contributed by atoms with Crippen LogP contribution in [0.1, 0.15) is 49.8 Å². The zero-order chi connectivity index (χ0) is 24.5. The largest absolute Gasteiger partial charge is 0.504 e. The summed E-state index contributed by atoms with van der Waals surface area (Å²) in [7, 11) is 1.81. The van der Waals surface area contributed by atoms with Crippen LogP contribution in [0.3, 0.4) is 0 Å². The van der Waals surface area contributed by atoms with Crippen LogP contribution in [-0.4, -0.2) is 69.8 Å². The highest BCUT2D eigenvalue weighted by Gasteiger charge is 2.73. The van der Waals surface area contributed by atoms with Crippen LogP contribution in [0, 0.1) is 5.92 Å². The van der Waals surface area contributed by atoms with E-state index in [0.717, 1.165) is 42.6 Å². The van der Waals surface area contributed by atoms with E-state index in [1.165, 1.54) is 0 Å². The summed E-state index contributed by atoms with van der Waals surface area (Å²) in [6.45, 7) is 6.24. The maximum absolute atomic E-state index is 13.2. The molecule has 7 nitrogen and oxygen atoms in total. The normalized spacial score (nSPS) is 33.1. The Morgan fingerprint density at radius 3 is 2.89 bits per heavy atom. The number of amides is 1. The van der Waals surface area contributed by atoms with E-state index in [1.54, 1.807) is 41.7 Å². The molecule has 3 heterocycles. The molecular weight excluding hydrogens is 444 g/mol. The van der Waals surface area contributed by atoms with Gasteiger partial charge in [0.15, 0.2) is 11.5 Å². The van der Waals surface area contributed by atoms with Gasteiger partial charge in [-0.25, -0.2) is 0 Å². The first-order chi connectivity index (χ1) is 16.8. The van der Waals surface area contributed by atoms with Crippen molar-refractivity contribution in [3.05, 3.63) is 53.5 Å². The van der Waals surface area contributed by atoms with Gasteiger partial charge in [-0.1, -0.05) is 19.9 Å². The monoisotopic (exact) mass is 478 g/mol. The molecule has 2 aliphatic carbocycles. The number of furan rings is 1. The second kappa shape index (κ2) is 7.87. The minimum atomic E-state index is -0.968. The quantitative estimate of drug-likeness (QED) is 0.641. The van der Waals surface area contributed by atoms with Crippen molar-refractivity contribution in [2.75, 3.05) is 20.1 Å². The van der Waals surface area contributed by atoms with E-state index in [4.69, 9.17) is 9.15 Å². The highest BCUT2D eigenvalue weighted by molar-refractivity contribution is 5.91. The summed E-state index contributed by atoms with van der Waals surface area (Å²) in [5, 5.41) is 23.3. The summed E-state index contributed by atoms with van der Waals surface area (Å²) < 4.78 is 11.7. The SMILES string of the molecule is CC(C)CN1CC[C@]23c4c5ccc(O)c4OC2C(N(C)C(=O)/C=C/c2ccoc2)CC[C@@]3(O)[C@H]1C5. The maximum Gasteiger partial charge on any atom is 0.246 e. The Balaban J connectivity index is 1.40. The standard InChI is InChI=1S/C28H34N2O5/c1-17(2)15-30-12-11-27-24-19-5-6-21(31)25(24)35-26(27)20(8-10-28(27,33)22(30)14-19)29(3)23(32)7-4-18-9-13-34-16-18/h4-7,9,13,16-17,20,22,26,31,33H,8,10-12,14-15H2,1-3H3/b7-4+/t20?,22-,26?,27+,28-/m1/s1. The Kier molecular flexibility index (Phi) is 5.10. The fourth-order valence-electron chi connectivity index (χ4n) is 7.51. The molecule has 5 atom stereocenters. The van der Waals surface area contributed by atoms with Gasteiger partial charge in [0.2, 0.25) is 5.91 Å². The van der Waals surface area contributed by atoms with Crippen molar-refractivity contribution in [3.8, 4) is 11.5 Å². The highest BCUT2D eigenvalue weighted by Crippen LogP contribution is 2.65. The minimum Gasteiger partial charge on any atom is -0.504 e.